The van der Waals surface area contributed by atoms with Gasteiger partial charge in [-0.05, 0) is 31.2 Å². The molecule has 0 aliphatic heterocycles. The first-order valence-corrected chi connectivity index (χ1v) is 8.58. The second-order valence-electron chi connectivity index (χ2n) is 5.50. The molecular formula is C19H17BrN2O4. The second-order valence-corrected chi connectivity index (χ2v) is 6.41. The maximum absolute atomic E-state index is 12.8. The Bertz CT molecular complexity index is 952. The van der Waals surface area contributed by atoms with Gasteiger partial charge in [-0.2, -0.15) is 0 Å². The Morgan fingerprint density at radius 2 is 1.88 bits per heavy atom. The minimum Gasteiger partial charge on any atom is -0.493 e. The average molecular weight is 417 g/mol. The van der Waals surface area contributed by atoms with Crippen molar-refractivity contribution in [3.05, 3.63) is 58.3 Å². The normalized spacial score (nSPS) is 10.5. The Hall–Kier alpha value is -2.80. The summed E-state index contributed by atoms with van der Waals surface area (Å²) >= 11 is 3.43. The quantitative estimate of drug-likeness (QED) is 0.653. The van der Waals surface area contributed by atoms with E-state index in [1.807, 2.05) is 24.3 Å². The summed E-state index contributed by atoms with van der Waals surface area (Å²) in [7, 11) is 3.10. The van der Waals surface area contributed by atoms with Gasteiger partial charge in [-0.15, -0.1) is 0 Å². The maximum atomic E-state index is 12.8. The number of rotatable bonds is 5. The van der Waals surface area contributed by atoms with E-state index in [1.54, 1.807) is 39.3 Å². The predicted octanol–water partition coefficient (Wildman–Crippen LogP) is 4.68. The van der Waals surface area contributed by atoms with Crippen LogP contribution in [0.25, 0.3) is 11.3 Å². The van der Waals surface area contributed by atoms with E-state index in [-0.39, 0.29) is 5.91 Å². The van der Waals surface area contributed by atoms with Gasteiger partial charge >= 0.3 is 0 Å². The Morgan fingerprint density at radius 1 is 1.12 bits per heavy atom. The second kappa shape index (κ2) is 7.61. The Morgan fingerprint density at radius 3 is 2.58 bits per heavy atom. The molecule has 1 amide bonds. The van der Waals surface area contributed by atoms with Crippen LogP contribution in [-0.4, -0.2) is 25.3 Å². The summed E-state index contributed by atoms with van der Waals surface area (Å²) in [5.41, 5.74) is 2.24. The van der Waals surface area contributed by atoms with E-state index < -0.39 is 0 Å². The summed E-state index contributed by atoms with van der Waals surface area (Å²) in [6, 6.07) is 12.7. The zero-order chi connectivity index (χ0) is 18.7. The fourth-order valence-corrected chi connectivity index (χ4v) is 2.98. The standard InChI is InChI=1S/C19H17BrN2O4/c1-11-17(18(22-26-11)12-5-4-6-13(20)9-12)19(23)21-14-7-8-15(24-2)16(10-14)25-3/h4-10H,1-3H3,(H,21,23). The van der Waals surface area contributed by atoms with Gasteiger partial charge in [0.1, 0.15) is 17.0 Å². The molecule has 0 saturated heterocycles. The van der Waals surface area contributed by atoms with Crippen molar-refractivity contribution < 1.29 is 18.8 Å². The summed E-state index contributed by atoms with van der Waals surface area (Å²) < 4.78 is 16.6. The van der Waals surface area contributed by atoms with Crippen LogP contribution in [0.15, 0.2) is 51.5 Å². The van der Waals surface area contributed by atoms with Gasteiger partial charge in [0.05, 0.1) is 14.2 Å². The van der Waals surface area contributed by atoms with Gasteiger partial charge in [0, 0.05) is 21.8 Å². The lowest BCUT2D eigenvalue weighted by molar-refractivity contribution is 0.102. The van der Waals surface area contributed by atoms with E-state index in [1.165, 1.54) is 0 Å². The highest BCUT2D eigenvalue weighted by atomic mass is 79.9. The summed E-state index contributed by atoms with van der Waals surface area (Å²) in [5, 5.41) is 6.90. The number of halogens is 1. The Balaban J connectivity index is 1.93. The fraction of sp³-hybridized carbons (Fsp3) is 0.158. The molecule has 0 fully saturated rings. The van der Waals surface area contributed by atoms with E-state index in [9.17, 15) is 4.79 Å². The number of amides is 1. The zero-order valence-electron chi connectivity index (χ0n) is 14.5. The van der Waals surface area contributed by atoms with Crippen molar-refractivity contribution in [2.24, 2.45) is 0 Å². The molecule has 134 valence electrons. The maximum Gasteiger partial charge on any atom is 0.261 e. The van der Waals surface area contributed by atoms with Gasteiger partial charge in [-0.3, -0.25) is 4.79 Å². The number of nitrogens with zero attached hydrogens (tertiary/aromatic N) is 1. The number of benzene rings is 2. The van der Waals surface area contributed by atoms with Gasteiger partial charge < -0.3 is 19.3 Å². The summed E-state index contributed by atoms with van der Waals surface area (Å²) in [4.78, 5) is 12.8. The summed E-state index contributed by atoms with van der Waals surface area (Å²) in [5.74, 6) is 1.24. The van der Waals surface area contributed by atoms with Gasteiger partial charge in [-0.1, -0.05) is 33.2 Å². The molecule has 0 atom stereocenters. The van der Waals surface area contributed by atoms with Crippen LogP contribution in [0.4, 0.5) is 5.69 Å². The van der Waals surface area contributed by atoms with Crippen LogP contribution in [0.5, 0.6) is 11.5 Å². The molecule has 1 N–H and O–H groups in total. The third-order valence-corrected chi connectivity index (χ3v) is 4.32. The van der Waals surface area contributed by atoms with Crippen molar-refractivity contribution in [1.29, 1.82) is 0 Å². The molecular weight excluding hydrogens is 400 g/mol. The highest BCUT2D eigenvalue weighted by Gasteiger charge is 2.22. The lowest BCUT2D eigenvalue weighted by atomic mass is 10.1. The monoisotopic (exact) mass is 416 g/mol. The topological polar surface area (TPSA) is 73.6 Å². The van der Waals surface area contributed by atoms with E-state index in [0.29, 0.717) is 34.2 Å². The molecule has 1 heterocycles. The molecule has 0 spiro atoms. The number of aromatic nitrogens is 1. The molecule has 6 nitrogen and oxygen atoms in total. The lowest BCUT2D eigenvalue weighted by Crippen LogP contribution is -2.13. The molecule has 3 rings (SSSR count). The van der Waals surface area contributed by atoms with Crippen LogP contribution in [0.1, 0.15) is 16.1 Å². The van der Waals surface area contributed by atoms with Crippen LogP contribution in [-0.2, 0) is 0 Å². The van der Waals surface area contributed by atoms with E-state index in [4.69, 9.17) is 14.0 Å². The van der Waals surface area contributed by atoms with Crippen molar-refractivity contribution in [2.75, 3.05) is 19.5 Å². The minimum absolute atomic E-state index is 0.314. The van der Waals surface area contributed by atoms with Crippen LogP contribution in [0.3, 0.4) is 0 Å². The molecule has 0 aliphatic rings. The molecule has 0 bridgehead atoms. The SMILES string of the molecule is COc1ccc(NC(=O)c2c(-c3cccc(Br)c3)noc2C)cc1OC. The van der Waals surface area contributed by atoms with Gasteiger partial charge in [0.25, 0.3) is 5.91 Å². The molecule has 1 aromatic heterocycles. The average Bonchev–Trinajstić information content (AvgIpc) is 3.03. The first-order valence-electron chi connectivity index (χ1n) is 7.79. The van der Waals surface area contributed by atoms with Crippen molar-refractivity contribution in [2.45, 2.75) is 6.92 Å². The smallest absolute Gasteiger partial charge is 0.261 e. The molecule has 3 aromatic rings. The summed E-state index contributed by atoms with van der Waals surface area (Å²) in [6.45, 7) is 1.71. The van der Waals surface area contributed by atoms with Crippen molar-refractivity contribution >= 4 is 27.5 Å². The third kappa shape index (κ3) is 3.57. The number of ether oxygens (including phenoxy) is 2. The van der Waals surface area contributed by atoms with Crippen molar-refractivity contribution in [1.82, 2.24) is 5.16 Å². The number of aryl methyl sites for hydroxylation is 1. The van der Waals surface area contributed by atoms with Crippen molar-refractivity contribution in [3.8, 4) is 22.8 Å². The molecule has 0 saturated carbocycles. The fourth-order valence-electron chi connectivity index (χ4n) is 2.58. The van der Waals surface area contributed by atoms with Crippen LogP contribution >= 0.6 is 15.9 Å². The molecule has 0 unspecified atom stereocenters. The molecule has 0 aliphatic carbocycles. The number of hydrogen-bond donors (Lipinski definition) is 1. The number of nitrogens with one attached hydrogen (secondary N) is 1. The van der Waals surface area contributed by atoms with Gasteiger partial charge in [-0.25, -0.2) is 0 Å². The highest BCUT2D eigenvalue weighted by Crippen LogP contribution is 2.31. The zero-order valence-corrected chi connectivity index (χ0v) is 16.1. The molecule has 0 radical (unpaired) electrons. The Labute approximate surface area is 159 Å². The number of hydrogen-bond acceptors (Lipinski definition) is 5. The number of anilines is 1. The molecule has 2 aromatic carbocycles. The van der Waals surface area contributed by atoms with E-state index >= 15 is 0 Å². The minimum atomic E-state index is -0.314. The Kier molecular flexibility index (Phi) is 5.27. The van der Waals surface area contributed by atoms with Gasteiger partial charge in [0.2, 0.25) is 0 Å². The van der Waals surface area contributed by atoms with Gasteiger partial charge in [0.15, 0.2) is 11.5 Å². The van der Waals surface area contributed by atoms with E-state index in [0.717, 1.165) is 10.0 Å². The number of carbonyl (C=O) groups is 1. The van der Waals surface area contributed by atoms with Crippen molar-refractivity contribution in [3.63, 3.8) is 0 Å². The number of methoxy groups -OCH3 is 2. The largest absolute Gasteiger partial charge is 0.493 e. The lowest BCUT2D eigenvalue weighted by Gasteiger charge is -2.10. The van der Waals surface area contributed by atoms with E-state index in [2.05, 4.69) is 26.4 Å². The summed E-state index contributed by atoms with van der Waals surface area (Å²) in [6.07, 6.45) is 0. The molecule has 26 heavy (non-hydrogen) atoms. The van der Waals surface area contributed by atoms with Crippen LogP contribution < -0.4 is 14.8 Å². The van der Waals surface area contributed by atoms with Crippen LogP contribution in [0, 0.1) is 6.92 Å². The first-order chi connectivity index (χ1) is 12.5. The highest BCUT2D eigenvalue weighted by molar-refractivity contribution is 9.10. The van der Waals surface area contributed by atoms with Crippen LogP contribution in [0.2, 0.25) is 0 Å². The molecule has 7 heteroatoms. The predicted molar refractivity (Wildman–Crippen MR) is 102 cm³/mol. The third-order valence-electron chi connectivity index (χ3n) is 3.83. The first kappa shape index (κ1) is 18.0. The number of carbonyl (C=O) groups excluding carboxylic acids is 1.